The van der Waals surface area contributed by atoms with Gasteiger partial charge < -0.3 is 47.9 Å². The molecule has 2 fully saturated rings. The summed E-state index contributed by atoms with van der Waals surface area (Å²) in [7, 11) is 0. The van der Waals surface area contributed by atoms with E-state index in [4.69, 9.17) is 49.5 Å². The Morgan fingerprint density at radius 2 is 1.18 bits per heavy atom. The van der Waals surface area contributed by atoms with Gasteiger partial charge in [0, 0.05) is 57.4 Å². The number of nitrogens with zero attached hydrogens (tertiary/aromatic N) is 6. The van der Waals surface area contributed by atoms with Crippen molar-refractivity contribution < 1.29 is 86.7 Å². The van der Waals surface area contributed by atoms with E-state index in [1.54, 1.807) is 24.3 Å². The summed E-state index contributed by atoms with van der Waals surface area (Å²) >= 11 is 5.85. The molecule has 1 amide bonds. The second-order valence-electron chi connectivity index (χ2n) is 14.4. The van der Waals surface area contributed by atoms with Crippen LogP contribution in [0.25, 0.3) is 0 Å². The number of piperazine rings is 1. The fourth-order valence-electron chi connectivity index (χ4n) is 6.26. The molecule has 1 N–H and O–H groups in total. The van der Waals surface area contributed by atoms with Crippen molar-refractivity contribution in [2.24, 2.45) is 0 Å². The van der Waals surface area contributed by atoms with Crippen molar-refractivity contribution in [3.63, 3.8) is 0 Å². The summed E-state index contributed by atoms with van der Waals surface area (Å²) in [6.07, 6.45) is -13.2. The molecule has 2 saturated heterocycles. The van der Waals surface area contributed by atoms with Crippen molar-refractivity contribution in [1.82, 2.24) is 9.80 Å². The highest BCUT2D eigenvalue weighted by atomic mass is 35.5. The summed E-state index contributed by atoms with van der Waals surface area (Å²) in [6, 6.07) is 13.1. The third kappa shape index (κ3) is 19.2. The Hall–Kier alpha value is -6.75. The number of halogens is 2. The summed E-state index contributed by atoms with van der Waals surface area (Å²) in [6.45, 7) is -0.218. The zero-order valence-corrected chi connectivity index (χ0v) is 37.3. The molecule has 3 aliphatic rings. The van der Waals surface area contributed by atoms with Crippen molar-refractivity contribution in [2.75, 3.05) is 72.4 Å². The Kier molecular flexibility index (Phi) is 22.7. The van der Waals surface area contributed by atoms with Gasteiger partial charge in [-0.2, -0.15) is 0 Å². The topological polar surface area (TPSA) is 358 Å². The van der Waals surface area contributed by atoms with Gasteiger partial charge in [-0.05, 0) is 42.0 Å². The van der Waals surface area contributed by atoms with Gasteiger partial charge in [-0.1, -0.05) is 17.7 Å². The Balaban J connectivity index is 0.000000378. The molecule has 3 aliphatic heterocycles. The van der Waals surface area contributed by atoms with Crippen LogP contribution in [0.5, 0.6) is 17.2 Å². The van der Waals surface area contributed by atoms with Crippen molar-refractivity contribution >= 4 is 53.8 Å². The van der Waals surface area contributed by atoms with Gasteiger partial charge in [-0.15, -0.1) is 12.4 Å². The van der Waals surface area contributed by atoms with Crippen LogP contribution in [0.15, 0.2) is 42.5 Å². The van der Waals surface area contributed by atoms with E-state index >= 15 is 0 Å². The SMILES string of the molecule is Cl.O=C(CC[N+](=O)[O-])OCC1OC(O)C(OC(=O)CC[N+](=O)[O-])C(OC(=O)CC[N+](=O)[O-])C1OC(=O)CC[N+](=O)[O-].O=C(COc1ccc(Cl)cc1)N1CCN(Cc2ccc3c(c2)OCO3)CC1. The normalized spacial score (nSPS) is 19.4. The average Bonchev–Trinajstić information content (AvgIpc) is 3.76. The molecule has 0 aromatic heterocycles. The maximum Gasteiger partial charge on any atom is 0.313 e. The molecular formula is C38H46Cl2N6O22. The number of aliphatic hydroxyl groups is 1. The minimum atomic E-state index is -2.22. The number of nitro groups is 4. The lowest BCUT2D eigenvalue weighted by Crippen LogP contribution is -2.62. The van der Waals surface area contributed by atoms with E-state index < -0.39 is 133 Å². The molecule has 2 aromatic rings. The lowest BCUT2D eigenvalue weighted by molar-refractivity contribution is -0.479. The fourth-order valence-corrected chi connectivity index (χ4v) is 6.39. The number of hydrogen-bond donors (Lipinski definition) is 1. The number of carbonyl (C=O) groups is 5. The van der Waals surface area contributed by atoms with Crippen LogP contribution >= 0.6 is 24.0 Å². The van der Waals surface area contributed by atoms with Crippen LogP contribution in [0.4, 0.5) is 0 Å². The number of benzene rings is 2. The molecular weight excluding hydrogens is 963 g/mol. The van der Waals surface area contributed by atoms with Crippen LogP contribution < -0.4 is 14.2 Å². The maximum absolute atomic E-state index is 12.4. The van der Waals surface area contributed by atoms with E-state index in [1.807, 2.05) is 17.0 Å². The molecule has 0 radical (unpaired) electrons. The maximum atomic E-state index is 12.4. The van der Waals surface area contributed by atoms with Crippen LogP contribution in [0.2, 0.25) is 5.02 Å². The summed E-state index contributed by atoms with van der Waals surface area (Å²) in [5.74, 6) is -2.80. The lowest BCUT2D eigenvalue weighted by Gasteiger charge is -2.42. The molecule has 5 unspecified atom stereocenters. The standard InChI is InChI=1S/C20H21ClN2O4.C18H24N4O18.ClH/c21-16-2-4-17(5-3-16)25-13-20(24)23-9-7-22(8-10-23)12-15-1-6-18-19(11-15)27-14-26-18;23-11(1-5-19(28)29)36-9-10-15(38-12(24)2-6-20(30)31)16(39-13(25)3-7-21(32)33)17(18(27)37-10)40-14(26)4-8-22(34)35;/h1-6,11H,7-10,12-14H2;10,15-18,27H,1-9H2;1H. The molecule has 0 bridgehead atoms. The summed E-state index contributed by atoms with van der Waals surface area (Å²) < 4.78 is 41.4. The second kappa shape index (κ2) is 27.8. The zero-order chi connectivity index (χ0) is 49.0. The quantitative estimate of drug-likeness (QED) is 0.0739. The van der Waals surface area contributed by atoms with Crippen molar-refractivity contribution in [3.8, 4) is 17.2 Å². The number of aliphatic hydroxyl groups excluding tert-OH is 1. The average molecular weight is 1010 g/mol. The van der Waals surface area contributed by atoms with Crippen LogP contribution in [0.1, 0.15) is 31.2 Å². The van der Waals surface area contributed by atoms with E-state index in [0.717, 1.165) is 31.1 Å². The first-order chi connectivity index (χ1) is 31.9. The monoisotopic (exact) mass is 1010 g/mol. The van der Waals surface area contributed by atoms with Crippen molar-refractivity contribution in [2.45, 2.75) is 62.9 Å². The highest BCUT2D eigenvalue weighted by Crippen LogP contribution is 2.33. The van der Waals surface area contributed by atoms with Gasteiger partial charge in [0.25, 0.3) is 5.91 Å². The molecule has 5 rings (SSSR count). The molecule has 5 atom stereocenters. The molecule has 0 saturated carbocycles. The largest absolute Gasteiger partial charge is 0.484 e. The number of fused-ring (bicyclic) bond motifs is 1. The van der Waals surface area contributed by atoms with Crippen LogP contribution in [0, 0.1) is 40.5 Å². The van der Waals surface area contributed by atoms with Crippen molar-refractivity contribution in [1.29, 1.82) is 0 Å². The number of rotatable bonds is 22. The zero-order valence-electron chi connectivity index (χ0n) is 35.7. The van der Waals surface area contributed by atoms with E-state index in [9.17, 15) is 69.5 Å². The molecule has 0 aliphatic carbocycles. The number of esters is 4. The van der Waals surface area contributed by atoms with Gasteiger partial charge in [0.1, 0.15) is 44.1 Å². The first kappa shape index (κ1) is 55.6. The third-order valence-electron chi connectivity index (χ3n) is 9.56. The summed E-state index contributed by atoms with van der Waals surface area (Å²) in [4.78, 5) is 104. The van der Waals surface area contributed by atoms with E-state index in [2.05, 4.69) is 11.0 Å². The van der Waals surface area contributed by atoms with E-state index in [-0.39, 0.29) is 31.7 Å². The lowest BCUT2D eigenvalue weighted by atomic mass is 9.98. The molecule has 2 aromatic carbocycles. The van der Waals surface area contributed by atoms with Crippen LogP contribution in [-0.2, 0) is 54.2 Å². The smallest absolute Gasteiger partial charge is 0.313 e. The number of carbonyl (C=O) groups excluding carboxylic acids is 5. The van der Waals surface area contributed by atoms with E-state index in [1.165, 1.54) is 5.56 Å². The van der Waals surface area contributed by atoms with Gasteiger partial charge in [-0.3, -0.25) is 69.3 Å². The minimum Gasteiger partial charge on any atom is -0.484 e. The molecule has 28 nitrogen and oxygen atoms in total. The predicted octanol–water partition coefficient (Wildman–Crippen LogP) is 0.863. The van der Waals surface area contributed by atoms with Gasteiger partial charge in [0.2, 0.25) is 33.0 Å². The van der Waals surface area contributed by atoms with Gasteiger partial charge in [-0.25, -0.2) is 0 Å². The fraction of sp³-hybridized carbons (Fsp3) is 0.553. The van der Waals surface area contributed by atoms with Crippen molar-refractivity contribution in [3.05, 3.63) is 93.5 Å². The minimum absolute atomic E-state index is 0. The number of hydrogen-bond acceptors (Lipinski definition) is 23. The highest BCUT2D eigenvalue weighted by molar-refractivity contribution is 6.30. The first-order valence-electron chi connectivity index (χ1n) is 20.2. The van der Waals surface area contributed by atoms with Gasteiger partial charge in [0.05, 0.1) is 0 Å². The highest BCUT2D eigenvalue weighted by Gasteiger charge is 2.52. The van der Waals surface area contributed by atoms with Crippen LogP contribution in [-0.4, -0.2) is 167 Å². The molecule has 30 heteroatoms. The Morgan fingerprint density at radius 1 is 0.676 bits per heavy atom. The van der Waals surface area contributed by atoms with Crippen LogP contribution in [0.3, 0.4) is 0 Å². The molecule has 374 valence electrons. The molecule has 68 heavy (non-hydrogen) atoms. The molecule has 0 spiro atoms. The molecule has 3 heterocycles. The number of amides is 1. The Morgan fingerprint density at radius 3 is 1.72 bits per heavy atom. The first-order valence-corrected chi connectivity index (χ1v) is 20.6. The van der Waals surface area contributed by atoms with Gasteiger partial charge in [0.15, 0.2) is 42.7 Å². The summed E-state index contributed by atoms with van der Waals surface area (Å²) in [5.41, 5.74) is 1.19. The van der Waals surface area contributed by atoms with E-state index in [0.29, 0.717) is 23.9 Å². The Bertz CT molecular complexity index is 2090. The Labute approximate surface area is 395 Å². The summed E-state index contributed by atoms with van der Waals surface area (Å²) in [5, 5.41) is 53.3. The van der Waals surface area contributed by atoms with Gasteiger partial charge >= 0.3 is 23.9 Å². The third-order valence-corrected chi connectivity index (χ3v) is 9.81. The second-order valence-corrected chi connectivity index (χ2v) is 14.9. The number of ether oxygens (including phenoxy) is 8. The predicted molar refractivity (Wildman–Crippen MR) is 226 cm³/mol.